The Labute approximate surface area is 158 Å². The van der Waals surface area contributed by atoms with E-state index in [0.29, 0.717) is 10.2 Å². The first-order valence-electron chi connectivity index (χ1n) is 8.21. The summed E-state index contributed by atoms with van der Waals surface area (Å²) in [5.74, 6) is -0.327. The fraction of sp³-hybridized carbons (Fsp3) is 0.333. The fourth-order valence-electron chi connectivity index (χ4n) is 4.20. The number of benzene rings is 1. The number of aryl methyl sites for hydroxylation is 1. The minimum Gasteiger partial charge on any atom is -0.322 e. The third-order valence-corrected chi connectivity index (χ3v) is 5.60. The molecule has 2 bridgehead atoms. The number of hydrogen-bond acceptors (Lipinski definition) is 2. The van der Waals surface area contributed by atoms with Gasteiger partial charge in [0.05, 0.1) is 5.56 Å². The van der Waals surface area contributed by atoms with E-state index >= 15 is 0 Å². The smallest absolute Gasteiger partial charge is 0.293 e. The zero-order valence-corrected chi connectivity index (χ0v) is 15.4. The Bertz CT molecular complexity index is 935. The summed E-state index contributed by atoms with van der Waals surface area (Å²) in [4.78, 5) is 12.6. The predicted molar refractivity (Wildman–Crippen MR) is 91.6 cm³/mol. The molecule has 1 aromatic heterocycles. The van der Waals surface area contributed by atoms with E-state index in [1.165, 1.54) is 17.9 Å². The number of hydrogen-bond donors (Lipinski definition) is 1. The quantitative estimate of drug-likeness (QED) is 0.836. The van der Waals surface area contributed by atoms with Gasteiger partial charge in [-0.1, -0.05) is 12.1 Å². The Balaban J connectivity index is 1.71. The average molecular weight is 399 g/mol. The molecule has 1 N–H and O–H groups in total. The van der Waals surface area contributed by atoms with Gasteiger partial charge in [0.2, 0.25) is 0 Å². The number of aromatic nitrogens is 2. The van der Waals surface area contributed by atoms with Crippen LogP contribution in [0.1, 0.15) is 58.3 Å². The van der Waals surface area contributed by atoms with Crippen LogP contribution in [0, 0.1) is 11.6 Å². The van der Waals surface area contributed by atoms with Crippen LogP contribution in [0.5, 0.6) is 0 Å². The van der Waals surface area contributed by atoms with Crippen molar-refractivity contribution in [1.82, 2.24) is 9.78 Å². The van der Waals surface area contributed by atoms with Crippen molar-refractivity contribution >= 4 is 23.2 Å². The van der Waals surface area contributed by atoms with E-state index < -0.39 is 18.0 Å². The lowest BCUT2D eigenvalue weighted by atomic mass is 9.90. The highest BCUT2D eigenvalue weighted by Crippen LogP contribution is 2.60. The van der Waals surface area contributed by atoms with Crippen molar-refractivity contribution in [3.8, 4) is 0 Å². The summed E-state index contributed by atoms with van der Waals surface area (Å²) in [6, 6.07) is 5.64. The zero-order chi connectivity index (χ0) is 18.6. The van der Waals surface area contributed by atoms with Gasteiger partial charge in [0, 0.05) is 36.3 Å². The number of carbonyl (C=O) groups excluding carboxylic acids is 1. The van der Waals surface area contributed by atoms with Gasteiger partial charge in [-0.25, -0.2) is 8.78 Å². The Hall–Kier alpha value is -1.92. The van der Waals surface area contributed by atoms with E-state index in [9.17, 15) is 13.6 Å². The summed E-state index contributed by atoms with van der Waals surface area (Å²) in [5.41, 5.74) is 3.12. The molecule has 2 unspecified atom stereocenters. The number of amides is 1. The Kier molecular flexibility index (Phi) is 4.28. The second-order valence-electron chi connectivity index (χ2n) is 6.58. The highest BCUT2D eigenvalue weighted by molar-refractivity contribution is 6.28. The summed E-state index contributed by atoms with van der Waals surface area (Å²) in [6.45, 7) is 0. The SMILES string of the molecule is Cn1cc(C(=O)Nc2cccc3c2C2CCC3/C2=C(\Cl)[ClH+])c(C(F)F)n1. The van der Waals surface area contributed by atoms with Crippen molar-refractivity contribution < 1.29 is 25.2 Å². The van der Waals surface area contributed by atoms with E-state index in [2.05, 4.69) is 10.4 Å². The van der Waals surface area contributed by atoms with Crippen LogP contribution in [0.4, 0.5) is 14.5 Å². The lowest BCUT2D eigenvalue weighted by Gasteiger charge is -2.18. The molecule has 4 rings (SSSR count). The maximum absolute atomic E-state index is 13.1. The van der Waals surface area contributed by atoms with Crippen molar-refractivity contribution in [2.45, 2.75) is 31.1 Å². The summed E-state index contributed by atoms with van der Waals surface area (Å²) < 4.78 is 27.9. The topological polar surface area (TPSA) is 46.9 Å². The first kappa shape index (κ1) is 17.5. The lowest BCUT2D eigenvalue weighted by Crippen LogP contribution is -2.16. The normalized spacial score (nSPS) is 22.7. The monoisotopic (exact) mass is 398 g/mol. The number of fused-ring (bicyclic) bond motifs is 5. The van der Waals surface area contributed by atoms with E-state index in [0.717, 1.165) is 29.5 Å². The van der Waals surface area contributed by atoms with Crippen LogP contribution >= 0.6 is 11.6 Å². The van der Waals surface area contributed by atoms with Crippen molar-refractivity contribution in [1.29, 1.82) is 0 Å². The largest absolute Gasteiger partial charge is 0.322 e. The number of anilines is 1. The summed E-state index contributed by atoms with van der Waals surface area (Å²) in [5, 5.41) is 6.47. The number of alkyl halides is 2. The molecule has 2 aromatic rings. The maximum atomic E-state index is 13.1. The van der Waals surface area contributed by atoms with Crippen LogP contribution in [0.2, 0.25) is 0 Å². The molecule has 1 aromatic carbocycles. The van der Waals surface area contributed by atoms with Gasteiger partial charge in [-0.3, -0.25) is 9.48 Å². The Morgan fingerprint density at radius 2 is 2.12 bits per heavy atom. The van der Waals surface area contributed by atoms with Crippen molar-refractivity contribution in [2.75, 3.05) is 5.32 Å². The van der Waals surface area contributed by atoms with E-state index in [-0.39, 0.29) is 17.4 Å². The highest BCUT2D eigenvalue weighted by atomic mass is 35.5. The standard InChI is InChI=1S/C18H15Cl2F2N3O/c1-25-7-11(15(24-25)17(21)22)18(26)23-12-4-2-3-8-9-5-6-10(13(8)12)14(9)16(19)20/h2-4,7,9-10,17,19H,5-6H2,1H3/p+1/b16-14+. The molecule has 2 atom stereocenters. The van der Waals surface area contributed by atoms with Gasteiger partial charge in [-0.2, -0.15) is 5.10 Å². The molecule has 0 aliphatic heterocycles. The number of nitrogens with one attached hydrogen (secondary N) is 1. The number of rotatable bonds is 3. The minimum absolute atomic E-state index is 0.0833. The average Bonchev–Trinajstić information content (AvgIpc) is 3.26. The third kappa shape index (κ3) is 2.63. The molecule has 4 nitrogen and oxygen atoms in total. The fourth-order valence-corrected chi connectivity index (χ4v) is 4.75. The van der Waals surface area contributed by atoms with Crippen LogP contribution in [0.3, 0.4) is 0 Å². The summed E-state index contributed by atoms with van der Waals surface area (Å²) in [6.07, 6.45) is 0.387. The van der Waals surface area contributed by atoms with Gasteiger partial charge in [-0.05, 0) is 41.6 Å². The van der Waals surface area contributed by atoms with Crippen molar-refractivity contribution in [3.63, 3.8) is 0 Å². The molecule has 2 aliphatic carbocycles. The molecule has 0 saturated heterocycles. The minimum atomic E-state index is -2.82. The molecular formula is C18H16Cl2F2N3O+. The third-order valence-electron chi connectivity index (χ3n) is 5.14. The molecule has 136 valence electrons. The van der Waals surface area contributed by atoms with Crippen LogP contribution in [0.15, 0.2) is 34.5 Å². The zero-order valence-electron chi connectivity index (χ0n) is 13.8. The molecule has 2 aliphatic rings. The molecule has 1 fully saturated rings. The van der Waals surface area contributed by atoms with Crippen molar-refractivity contribution in [2.24, 2.45) is 7.05 Å². The highest BCUT2D eigenvalue weighted by Gasteiger charge is 2.46. The van der Waals surface area contributed by atoms with Gasteiger partial charge < -0.3 is 5.32 Å². The molecular weight excluding hydrogens is 383 g/mol. The van der Waals surface area contributed by atoms with Gasteiger partial charge in [0.1, 0.15) is 5.69 Å². The first-order chi connectivity index (χ1) is 12.4. The molecule has 0 radical (unpaired) electrons. The Morgan fingerprint density at radius 3 is 2.81 bits per heavy atom. The van der Waals surface area contributed by atoms with Crippen molar-refractivity contribution in [3.05, 3.63) is 56.8 Å². The number of carbonyl (C=O) groups is 1. The maximum Gasteiger partial charge on any atom is 0.293 e. The second-order valence-corrected chi connectivity index (χ2v) is 7.59. The summed E-state index contributed by atoms with van der Waals surface area (Å²) >= 11 is 11.3. The van der Waals surface area contributed by atoms with E-state index in [1.54, 1.807) is 6.07 Å². The molecule has 26 heavy (non-hydrogen) atoms. The van der Waals surface area contributed by atoms with Crippen LogP contribution in [-0.2, 0) is 7.05 Å². The lowest BCUT2D eigenvalue weighted by molar-refractivity contribution is -0.288. The molecule has 1 amide bonds. The van der Waals surface area contributed by atoms with E-state index in [4.69, 9.17) is 23.2 Å². The number of allylic oxidation sites excluding steroid dienone is 1. The predicted octanol–water partition coefficient (Wildman–Crippen LogP) is 4.32. The van der Waals surface area contributed by atoms with E-state index in [1.807, 2.05) is 12.1 Å². The first-order valence-corrected chi connectivity index (χ1v) is 8.99. The summed E-state index contributed by atoms with van der Waals surface area (Å²) in [7, 11) is 1.50. The molecule has 1 saturated carbocycles. The van der Waals surface area contributed by atoms with Crippen LogP contribution in [-0.4, -0.2) is 15.7 Å². The Morgan fingerprint density at radius 1 is 1.38 bits per heavy atom. The second kappa shape index (κ2) is 6.35. The van der Waals surface area contributed by atoms with Gasteiger partial charge in [-0.15, -0.1) is 0 Å². The van der Waals surface area contributed by atoms with Crippen LogP contribution < -0.4 is 5.32 Å². The number of nitrogens with zero attached hydrogens (tertiary/aromatic N) is 2. The number of halogens is 4. The van der Waals surface area contributed by atoms with Gasteiger partial charge in [0.15, 0.2) is 11.6 Å². The molecule has 8 heteroatoms. The van der Waals surface area contributed by atoms with Crippen LogP contribution in [0.25, 0.3) is 0 Å². The van der Waals surface area contributed by atoms with Gasteiger partial charge in [0.25, 0.3) is 16.8 Å². The molecule has 1 heterocycles. The van der Waals surface area contributed by atoms with Gasteiger partial charge >= 0.3 is 0 Å². The molecule has 0 spiro atoms.